The summed E-state index contributed by atoms with van der Waals surface area (Å²) in [7, 11) is 0. The van der Waals surface area contributed by atoms with E-state index in [4.69, 9.17) is 4.74 Å². The third kappa shape index (κ3) is 4.98. The molecule has 0 unspecified atom stereocenters. The maximum absolute atomic E-state index is 11.8. The fourth-order valence-corrected chi connectivity index (χ4v) is 2.04. The van der Waals surface area contributed by atoms with Gasteiger partial charge < -0.3 is 15.0 Å². The van der Waals surface area contributed by atoms with Crippen molar-refractivity contribution in [3.8, 4) is 5.75 Å². The standard InChI is InChI=1S/C18H22N2O3/c1-18(2,3)14-5-7-15(8-6-14)23-11-10-19-17(22)13-4-9-16(21)20-12-13/h4-9,12H,10-11H2,1-3H3,(H,19,22)(H,20,21). The summed E-state index contributed by atoms with van der Waals surface area (Å²) < 4.78 is 5.61. The average Bonchev–Trinajstić information content (AvgIpc) is 2.51. The quantitative estimate of drug-likeness (QED) is 0.833. The predicted molar refractivity (Wildman–Crippen MR) is 90.0 cm³/mol. The fraction of sp³-hybridized carbons (Fsp3) is 0.333. The van der Waals surface area contributed by atoms with Crippen LogP contribution in [0.3, 0.4) is 0 Å². The molecule has 1 amide bonds. The van der Waals surface area contributed by atoms with Crippen molar-refractivity contribution in [3.05, 3.63) is 64.1 Å². The zero-order chi connectivity index (χ0) is 16.9. The largest absolute Gasteiger partial charge is 0.492 e. The summed E-state index contributed by atoms with van der Waals surface area (Å²) in [6.07, 6.45) is 1.39. The molecule has 1 aromatic carbocycles. The lowest BCUT2D eigenvalue weighted by atomic mass is 9.87. The van der Waals surface area contributed by atoms with Crippen molar-refractivity contribution in [3.63, 3.8) is 0 Å². The zero-order valence-electron chi connectivity index (χ0n) is 13.7. The lowest BCUT2D eigenvalue weighted by Crippen LogP contribution is -2.28. The number of H-pyrrole nitrogens is 1. The molecular formula is C18H22N2O3. The molecule has 1 aromatic heterocycles. The van der Waals surface area contributed by atoms with Crippen molar-refractivity contribution >= 4 is 5.91 Å². The molecule has 0 fully saturated rings. The predicted octanol–water partition coefficient (Wildman–Crippen LogP) is 2.48. The van der Waals surface area contributed by atoms with E-state index in [0.29, 0.717) is 18.7 Å². The molecule has 5 heteroatoms. The van der Waals surface area contributed by atoms with Crippen LogP contribution in [-0.4, -0.2) is 24.0 Å². The highest BCUT2D eigenvalue weighted by atomic mass is 16.5. The van der Waals surface area contributed by atoms with Gasteiger partial charge in [-0.3, -0.25) is 9.59 Å². The van der Waals surface area contributed by atoms with Crippen LogP contribution in [0, 0.1) is 0 Å². The highest BCUT2D eigenvalue weighted by molar-refractivity contribution is 5.93. The second kappa shape index (κ2) is 7.13. The summed E-state index contributed by atoms with van der Waals surface area (Å²) in [5.41, 5.74) is 1.54. The van der Waals surface area contributed by atoms with E-state index in [1.165, 1.54) is 23.9 Å². The lowest BCUT2D eigenvalue weighted by molar-refractivity contribution is 0.0946. The Morgan fingerprint density at radius 1 is 1.13 bits per heavy atom. The molecular weight excluding hydrogens is 292 g/mol. The molecule has 0 bridgehead atoms. The van der Waals surface area contributed by atoms with Gasteiger partial charge in [-0.05, 0) is 29.2 Å². The van der Waals surface area contributed by atoms with Crippen molar-refractivity contribution in [2.24, 2.45) is 0 Å². The molecule has 0 saturated heterocycles. The molecule has 2 rings (SSSR count). The molecule has 0 aliphatic rings. The summed E-state index contributed by atoms with van der Waals surface area (Å²) >= 11 is 0. The summed E-state index contributed by atoms with van der Waals surface area (Å²) in [4.78, 5) is 25.2. The highest BCUT2D eigenvalue weighted by Crippen LogP contribution is 2.24. The van der Waals surface area contributed by atoms with Gasteiger partial charge in [-0.2, -0.15) is 0 Å². The van der Waals surface area contributed by atoms with Crippen LogP contribution >= 0.6 is 0 Å². The first-order valence-corrected chi connectivity index (χ1v) is 7.56. The lowest BCUT2D eigenvalue weighted by Gasteiger charge is -2.19. The van der Waals surface area contributed by atoms with Gasteiger partial charge >= 0.3 is 0 Å². The van der Waals surface area contributed by atoms with E-state index in [9.17, 15) is 9.59 Å². The van der Waals surface area contributed by atoms with Crippen molar-refractivity contribution in [1.82, 2.24) is 10.3 Å². The minimum Gasteiger partial charge on any atom is -0.492 e. The normalized spacial score (nSPS) is 11.1. The number of hydrogen-bond donors (Lipinski definition) is 2. The van der Waals surface area contributed by atoms with Gasteiger partial charge in [0.2, 0.25) is 5.56 Å². The van der Waals surface area contributed by atoms with Crippen LogP contribution in [0.15, 0.2) is 47.4 Å². The molecule has 0 aliphatic heterocycles. The van der Waals surface area contributed by atoms with Gasteiger partial charge in [0, 0.05) is 12.3 Å². The van der Waals surface area contributed by atoms with Crippen molar-refractivity contribution in [2.45, 2.75) is 26.2 Å². The molecule has 1 heterocycles. The number of aromatic amines is 1. The number of ether oxygens (including phenoxy) is 1. The van der Waals surface area contributed by atoms with Crippen LogP contribution in [0.5, 0.6) is 5.75 Å². The molecule has 2 aromatic rings. The number of pyridine rings is 1. The Bertz CT molecular complexity index is 692. The van der Waals surface area contributed by atoms with Crippen LogP contribution < -0.4 is 15.6 Å². The van der Waals surface area contributed by atoms with E-state index in [1.54, 1.807) is 0 Å². The van der Waals surface area contributed by atoms with E-state index >= 15 is 0 Å². The Labute approximate surface area is 135 Å². The first-order valence-electron chi connectivity index (χ1n) is 7.56. The fourth-order valence-electron chi connectivity index (χ4n) is 2.04. The molecule has 0 saturated carbocycles. The molecule has 2 N–H and O–H groups in total. The van der Waals surface area contributed by atoms with Crippen LogP contribution in [0.4, 0.5) is 0 Å². The van der Waals surface area contributed by atoms with Crippen LogP contribution in [-0.2, 0) is 5.41 Å². The minimum absolute atomic E-state index is 0.114. The smallest absolute Gasteiger partial charge is 0.252 e. The van der Waals surface area contributed by atoms with Gasteiger partial charge in [0.25, 0.3) is 5.91 Å². The highest BCUT2D eigenvalue weighted by Gasteiger charge is 2.12. The summed E-state index contributed by atoms with van der Waals surface area (Å²) in [6, 6.07) is 10.8. The zero-order valence-corrected chi connectivity index (χ0v) is 13.7. The summed E-state index contributed by atoms with van der Waals surface area (Å²) in [6.45, 7) is 7.25. The number of hydrogen-bond acceptors (Lipinski definition) is 3. The molecule has 122 valence electrons. The maximum Gasteiger partial charge on any atom is 0.252 e. The Morgan fingerprint density at radius 2 is 1.83 bits per heavy atom. The molecule has 0 atom stereocenters. The van der Waals surface area contributed by atoms with Crippen LogP contribution in [0.1, 0.15) is 36.7 Å². The van der Waals surface area contributed by atoms with E-state index in [0.717, 1.165) is 5.75 Å². The number of rotatable bonds is 5. The number of carbonyl (C=O) groups excluding carboxylic acids is 1. The molecule has 0 radical (unpaired) electrons. The first kappa shape index (κ1) is 16.8. The third-order valence-corrected chi connectivity index (χ3v) is 3.42. The van der Waals surface area contributed by atoms with Gasteiger partial charge in [0.15, 0.2) is 0 Å². The number of nitrogens with one attached hydrogen (secondary N) is 2. The third-order valence-electron chi connectivity index (χ3n) is 3.42. The molecule has 5 nitrogen and oxygen atoms in total. The van der Waals surface area contributed by atoms with E-state index in [-0.39, 0.29) is 16.9 Å². The second-order valence-corrected chi connectivity index (χ2v) is 6.32. The SMILES string of the molecule is CC(C)(C)c1ccc(OCCNC(=O)c2ccc(=O)[nH]c2)cc1. The average molecular weight is 314 g/mol. The molecule has 23 heavy (non-hydrogen) atoms. The van der Waals surface area contributed by atoms with Crippen LogP contribution in [0.2, 0.25) is 0 Å². The topological polar surface area (TPSA) is 71.2 Å². The van der Waals surface area contributed by atoms with Crippen molar-refractivity contribution in [1.29, 1.82) is 0 Å². The summed E-state index contributed by atoms with van der Waals surface area (Å²) in [5, 5.41) is 2.74. The van der Waals surface area contributed by atoms with Gasteiger partial charge in [-0.15, -0.1) is 0 Å². The Kier molecular flexibility index (Phi) is 5.21. The Balaban J connectivity index is 1.78. The van der Waals surface area contributed by atoms with Gasteiger partial charge in [0.05, 0.1) is 12.1 Å². The second-order valence-electron chi connectivity index (χ2n) is 6.32. The minimum atomic E-state index is -0.243. The number of benzene rings is 1. The molecule has 0 aliphatic carbocycles. The van der Waals surface area contributed by atoms with Crippen molar-refractivity contribution in [2.75, 3.05) is 13.2 Å². The Morgan fingerprint density at radius 3 is 2.39 bits per heavy atom. The van der Waals surface area contributed by atoms with Crippen LogP contribution in [0.25, 0.3) is 0 Å². The van der Waals surface area contributed by atoms with Crippen molar-refractivity contribution < 1.29 is 9.53 Å². The van der Waals surface area contributed by atoms with Gasteiger partial charge in [-0.1, -0.05) is 32.9 Å². The Hall–Kier alpha value is -2.56. The van der Waals surface area contributed by atoms with E-state index in [1.807, 2.05) is 24.3 Å². The number of aromatic nitrogens is 1. The monoisotopic (exact) mass is 314 g/mol. The van der Waals surface area contributed by atoms with Gasteiger partial charge in [0.1, 0.15) is 12.4 Å². The van der Waals surface area contributed by atoms with E-state index in [2.05, 4.69) is 31.1 Å². The first-order chi connectivity index (χ1) is 10.9. The maximum atomic E-state index is 11.8. The number of carbonyl (C=O) groups is 1. The number of amides is 1. The summed E-state index contributed by atoms with van der Waals surface area (Å²) in [5.74, 6) is 0.532. The van der Waals surface area contributed by atoms with Gasteiger partial charge in [-0.25, -0.2) is 0 Å². The van der Waals surface area contributed by atoms with E-state index < -0.39 is 0 Å². The molecule has 0 spiro atoms.